The summed E-state index contributed by atoms with van der Waals surface area (Å²) in [5.41, 5.74) is 0.194. The first-order chi connectivity index (χ1) is 14.0. The van der Waals surface area contributed by atoms with Crippen LogP contribution in [-0.4, -0.2) is 43.5 Å². The third kappa shape index (κ3) is 3.21. The Morgan fingerprint density at radius 1 is 1.28 bits per heavy atom. The fraction of sp³-hybridized carbons (Fsp3) is 0.350. The van der Waals surface area contributed by atoms with Crippen molar-refractivity contribution in [2.24, 2.45) is 0 Å². The van der Waals surface area contributed by atoms with Gasteiger partial charge in [0.1, 0.15) is 23.6 Å². The lowest BCUT2D eigenvalue weighted by molar-refractivity contribution is -0.134. The van der Waals surface area contributed by atoms with Crippen molar-refractivity contribution in [1.29, 1.82) is 0 Å². The first-order valence-electron chi connectivity index (χ1n) is 9.21. The SMILES string of the molecule is COc1ccc(OC)c(NC(=O)CN2C(=O)N[C@@]3(CCCc4sccc43)C2=O)c1. The topological polar surface area (TPSA) is 97.0 Å². The molecule has 1 fully saturated rings. The van der Waals surface area contributed by atoms with E-state index >= 15 is 0 Å². The van der Waals surface area contributed by atoms with Crippen LogP contribution < -0.4 is 20.1 Å². The maximum absolute atomic E-state index is 13.2. The first kappa shape index (κ1) is 19.3. The molecule has 0 radical (unpaired) electrons. The molecule has 1 atom stereocenters. The summed E-state index contributed by atoms with van der Waals surface area (Å²) in [7, 11) is 3.00. The van der Waals surface area contributed by atoms with Crippen LogP contribution in [0.15, 0.2) is 29.6 Å². The number of amides is 4. The minimum absolute atomic E-state index is 0.380. The number of imide groups is 1. The third-order valence-electron chi connectivity index (χ3n) is 5.32. The van der Waals surface area contributed by atoms with E-state index in [4.69, 9.17) is 9.47 Å². The van der Waals surface area contributed by atoms with Crippen molar-refractivity contribution in [3.8, 4) is 11.5 Å². The van der Waals surface area contributed by atoms with E-state index < -0.39 is 17.5 Å². The summed E-state index contributed by atoms with van der Waals surface area (Å²) in [6.07, 6.45) is 2.23. The van der Waals surface area contributed by atoms with Crippen LogP contribution in [0.4, 0.5) is 10.5 Å². The zero-order valence-electron chi connectivity index (χ0n) is 16.1. The van der Waals surface area contributed by atoms with Crippen LogP contribution in [0.3, 0.4) is 0 Å². The molecule has 4 rings (SSSR count). The highest BCUT2D eigenvalue weighted by Crippen LogP contribution is 2.42. The summed E-state index contributed by atoms with van der Waals surface area (Å²) < 4.78 is 10.4. The van der Waals surface area contributed by atoms with Gasteiger partial charge in [-0.3, -0.25) is 14.5 Å². The van der Waals surface area contributed by atoms with E-state index in [-0.39, 0.29) is 12.5 Å². The normalized spacial score (nSPS) is 20.4. The molecule has 1 spiro atoms. The molecule has 0 bridgehead atoms. The summed E-state index contributed by atoms with van der Waals surface area (Å²) in [6.45, 7) is -0.383. The summed E-state index contributed by atoms with van der Waals surface area (Å²) >= 11 is 1.59. The van der Waals surface area contributed by atoms with E-state index in [1.165, 1.54) is 14.2 Å². The Kier molecular flexibility index (Phi) is 4.91. The number of nitrogens with one attached hydrogen (secondary N) is 2. The highest BCUT2D eigenvalue weighted by molar-refractivity contribution is 7.10. The van der Waals surface area contributed by atoms with Gasteiger partial charge in [0.2, 0.25) is 5.91 Å². The van der Waals surface area contributed by atoms with Gasteiger partial charge in [-0.2, -0.15) is 0 Å². The molecule has 1 aromatic carbocycles. The molecule has 4 amide bonds. The Hall–Kier alpha value is -3.07. The van der Waals surface area contributed by atoms with Gasteiger partial charge < -0.3 is 20.1 Å². The molecule has 0 saturated carbocycles. The van der Waals surface area contributed by atoms with Gasteiger partial charge in [0.05, 0.1) is 19.9 Å². The number of aryl methyl sites for hydroxylation is 1. The minimum atomic E-state index is -1.06. The molecule has 9 heteroatoms. The maximum Gasteiger partial charge on any atom is 0.325 e. The summed E-state index contributed by atoms with van der Waals surface area (Å²) in [5, 5.41) is 7.47. The predicted octanol–water partition coefficient (Wildman–Crippen LogP) is 2.49. The molecule has 8 nitrogen and oxygen atoms in total. The largest absolute Gasteiger partial charge is 0.497 e. The number of rotatable bonds is 5. The summed E-state index contributed by atoms with van der Waals surface area (Å²) in [6, 6.07) is 6.32. The van der Waals surface area contributed by atoms with E-state index in [0.29, 0.717) is 23.6 Å². The van der Waals surface area contributed by atoms with Crippen molar-refractivity contribution in [3.63, 3.8) is 0 Å². The van der Waals surface area contributed by atoms with Crippen molar-refractivity contribution < 1.29 is 23.9 Å². The fourth-order valence-corrected chi connectivity index (χ4v) is 4.93. The van der Waals surface area contributed by atoms with Crippen LogP contribution in [0.2, 0.25) is 0 Å². The highest BCUT2D eigenvalue weighted by Gasteiger charge is 2.54. The van der Waals surface area contributed by atoms with Crippen molar-refractivity contribution in [2.75, 3.05) is 26.1 Å². The van der Waals surface area contributed by atoms with E-state index in [9.17, 15) is 14.4 Å². The Morgan fingerprint density at radius 3 is 2.86 bits per heavy atom. The smallest absolute Gasteiger partial charge is 0.325 e. The summed E-state index contributed by atoms with van der Waals surface area (Å²) in [5.74, 6) is 0.110. The zero-order valence-corrected chi connectivity index (χ0v) is 16.9. The predicted molar refractivity (Wildman–Crippen MR) is 107 cm³/mol. The van der Waals surface area contributed by atoms with Crippen LogP contribution in [-0.2, 0) is 21.5 Å². The van der Waals surface area contributed by atoms with Crippen molar-refractivity contribution in [1.82, 2.24) is 10.2 Å². The zero-order chi connectivity index (χ0) is 20.6. The summed E-state index contributed by atoms with van der Waals surface area (Å²) in [4.78, 5) is 40.5. The Bertz CT molecular complexity index is 988. The number of methoxy groups -OCH3 is 2. The molecule has 1 aromatic heterocycles. The number of thiophene rings is 1. The molecule has 1 aliphatic carbocycles. The first-order valence-corrected chi connectivity index (χ1v) is 10.1. The second-order valence-electron chi connectivity index (χ2n) is 6.95. The lowest BCUT2D eigenvalue weighted by Crippen LogP contribution is -2.46. The number of ether oxygens (including phenoxy) is 2. The van der Waals surface area contributed by atoms with Crippen LogP contribution >= 0.6 is 11.3 Å². The van der Waals surface area contributed by atoms with Crippen LogP contribution in [0.5, 0.6) is 11.5 Å². The number of fused-ring (bicyclic) bond motifs is 2. The van der Waals surface area contributed by atoms with Gasteiger partial charge in [0.15, 0.2) is 0 Å². The molecule has 2 heterocycles. The van der Waals surface area contributed by atoms with Crippen LogP contribution in [0.1, 0.15) is 23.3 Å². The van der Waals surface area contributed by atoms with Crippen LogP contribution in [0.25, 0.3) is 0 Å². The van der Waals surface area contributed by atoms with Gasteiger partial charge in [-0.1, -0.05) is 0 Å². The molecule has 152 valence electrons. The van der Waals surface area contributed by atoms with Crippen LogP contribution in [0, 0.1) is 0 Å². The molecular formula is C20H21N3O5S. The van der Waals surface area contributed by atoms with Gasteiger partial charge in [-0.15, -0.1) is 11.3 Å². The number of benzene rings is 1. The molecule has 2 aromatic rings. The number of carbonyl (C=O) groups is 3. The minimum Gasteiger partial charge on any atom is -0.497 e. The van der Waals surface area contributed by atoms with Gasteiger partial charge in [-0.05, 0) is 42.8 Å². The van der Waals surface area contributed by atoms with Gasteiger partial charge in [0.25, 0.3) is 5.91 Å². The standard InChI is InChI=1S/C20H21N3O5S/c1-27-12-5-6-15(28-2)14(10-12)21-17(24)11-23-18(25)20(22-19(23)26)8-3-4-16-13(20)7-9-29-16/h5-7,9-10H,3-4,8,11H2,1-2H3,(H,21,24)(H,22,26)/t20-/m1/s1. The molecule has 1 saturated heterocycles. The van der Waals surface area contributed by atoms with Gasteiger partial charge >= 0.3 is 6.03 Å². The van der Waals surface area contributed by atoms with E-state index in [0.717, 1.165) is 28.2 Å². The molecule has 29 heavy (non-hydrogen) atoms. The van der Waals surface area contributed by atoms with E-state index in [1.807, 2.05) is 11.4 Å². The number of hydrogen-bond donors (Lipinski definition) is 2. The second kappa shape index (κ2) is 7.40. The number of anilines is 1. The van der Waals surface area contributed by atoms with E-state index in [2.05, 4.69) is 10.6 Å². The number of urea groups is 1. The average Bonchev–Trinajstić information content (AvgIpc) is 3.28. The quantitative estimate of drug-likeness (QED) is 0.732. The van der Waals surface area contributed by atoms with E-state index in [1.54, 1.807) is 29.5 Å². The molecule has 2 N–H and O–H groups in total. The van der Waals surface area contributed by atoms with Crippen molar-refractivity contribution >= 4 is 34.9 Å². The van der Waals surface area contributed by atoms with Crippen molar-refractivity contribution in [3.05, 3.63) is 40.1 Å². The average molecular weight is 415 g/mol. The second-order valence-corrected chi connectivity index (χ2v) is 7.95. The molecular weight excluding hydrogens is 394 g/mol. The Balaban J connectivity index is 1.53. The molecule has 2 aliphatic rings. The fourth-order valence-electron chi connectivity index (χ4n) is 3.93. The lowest BCUT2D eigenvalue weighted by atomic mass is 9.80. The maximum atomic E-state index is 13.2. The van der Waals surface area contributed by atoms with Gasteiger partial charge in [0, 0.05) is 16.5 Å². The molecule has 0 unspecified atom stereocenters. The van der Waals surface area contributed by atoms with Gasteiger partial charge in [-0.25, -0.2) is 4.79 Å². The molecule has 1 aliphatic heterocycles. The lowest BCUT2D eigenvalue weighted by Gasteiger charge is -2.31. The van der Waals surface area contributed by atoms with Crippen molar-refractivity contribution in [2.45, 2.75) is 24.8 Å². The Labute approximate surface area is 171 Å². The Morgan fingerprint density at radius 2 is 2.10 bits per heavy atom. The third-order valence-corrected chi connectivity index (χ3v) is 6.30. The number of nitrogens with zero attached hydrogens (tertiary/aromatic N) is 1. The highest BCUT2D eigenvalue weighted by atomic mass is 32.1. The number of hydrogen-bond acceptors (Lipinski definition) is 6. The number of carbonyl (C=O) groups excluding carboxylic acids is 3. The monoisotopic (exact) mass is 415 g/mol.